The number of esters is 2. The van der Waals surface area contributed by atoms with Crippen LogP contribution in [0, 0.1) is 0 Å². The number of ether oxygens (including phenoxy) is 3. The molecular weight excluding hydrogens is 789 g/mol. The summed E-state index contributed by atoms with van der Waals surface area (Å²) in [6.07, 6.45) is 77.2. The van der Waals surface area contributed by atoms with Gasteiger partial charge in [-0.2, -0.15) is 0 Å². The van der Waals surface area contributed by atoms with Crippen LogP contribution in [0.4, 0.5) is 0 Å². The number of rotatable bonds is 44. The Hall–Kier alpha value is -4.22. The van der Waals surface area contributed by atoms with E-state index < -0.39 is 6.10 Å². The predicted octanol–water partition coefficient (Wildman–Crippen LogP) is 17.3. The van der Waals surface area contributed by atoms with Gasteiger partial charge in [0.1, 0.15) is 6.61 Å². The molecule has 0 radical (unpaired) electrons. The molecule has 0 saturated heterocycles. The van der Waals surface area contributed by atoms with Gasteiger partial charge in [0.15, 0.2) is 6.10 Å². The number of carbonyl (C=O) groups is 2. The average Bonchev–Trinajstić information content (AvgIpc) is 3.30. The van der Waals surface area contributed by atoms with Crippen molar-refractivity contribution in [3.8, 4) is 0 Å². The highest BCUT2D eigenvalue weighted by atomic mass is 16.6. The lowest BCUT2D eigenvalue weighted by Crippen LogP contribution is -2.30. The Morgan fingerprint density at radius 1 is 0.344 bits per heavy atom. The minimum absolute atomic E-state index is 0.0285. The van der Waals surface area contributed by atoms with E-state index in [1.165, 1.54) is 6.42 Å². The molecule has 0 aliphatic heterocycles. The van der Waals surface area contributed by atoms with Crippen molar-refractivity contribution < 1.29 is 23.8 Å². The number of allylic oxidation sites excluding steroid dienone is 24. The first-order valence-corrected chi connectivity index (χ1v) is 25.4. The van der Waals surface area contributed by atoms with Crippen LogP contribution in [-0.2, 0) is 23.8 Å². The van der Waals surface area contributed by atoms with Crippen molar-refractivity contribution in [3.63, 3.8) is 0 Å². The molecule has 0 aliphatic carbocycles. The monoisotopic (exact) mass is 881 g/mol. The van der Waals surface area contributed by atoms with E-state index in [-0.39, 0.29) is 25.2 Å². The second-order valence-electron chi connectivity index (χ2n) is 15.9. The van der Waals surface area contributed by atoms with Gasteiger partial charge < -0.3 is 14.2 Å². The third-order valence-corrected chi connectivity index (χ3v) is 9.85. The van der Waals surface area contributed by atoms with Gasteiger partial charge in [-0.15, -0.1) is 0 Å². The SMILES string of the molecule is CC/C=C\C/C=C\C/C=C\C/C=C\C/C=C\CCCCOCC(COC(=O)CCCC/C=C\C/C=C\C/C=C\C/C=C\CC)OC(=O)CCCCCCC/C=C\C/C=C\C/C=C\CC. The third-order valence-electron chi connectivity index (χ3n) is 9.85. The van der Waals surface area contributed by atoms with E-state index in [9.17, 15) is 9.59 Å². The second-order valence-corrected chi connectivity index (χ2v) is 15.9. The fraction of sp³-hybridized carbons (Fsp3) is 0.559. The number of hydrogen-bond acceptors (Lipinski definition) is 5. The van der Waals surface area contributed by atoms with Crippen LogP contribution >= 0.6 is 0 Å². The fourth-order valence-corrected chi connectivity index (χ4v) is 6.19. The van der Waals surface area contributed by atoms with Crippen LogP contribution in [0.2, 0.25) is 0 Å². The molecule has 1 unspecified atom stereocenters. The lowest BCUT2D eigenvalue weighted by Gasteiger charge is -2.18. The standard InChI is InChI=1S/C59H92O5/c1-4-7-10-13-16-19-22-25-28-29-30-33-36-39-42-45-48-51-54-62-55-57(64-59(61)53-50-47-44-41-38-35-32-27-24-21-18-15-12-9-6-3)56-63-58(60)52-49-46-43-40-37-34-31-26-23-20-17-14-11-8-5-2/h7-12,16-21,25-28,30-33,37,39-40,42,57H,4-6,13-15,22-24,29,34-36,38,41,43-56H2,1-3H3/b10-7-,11-8-,12-9-,19-16-,20-17-,21-18-,28-25-,31-26-,32-27-,33-30-,40-37-,42-39-. The van der Waals surface area contributed by atoms with Gasteiger partial charge in [0.2, 0.25) is 0 Å². The van der Waals surface area contributed by atoms with E-state index in [1.54, 1.807) is 0 Å². The summed E-state index contributed by atoms with van der Waals surface area (Å²) in [7, 11) is 0. The van der Waals surface area contributed by atoms with Crippen LogP contribution in [-0.4, -0.2) is 37.9 Å². The first-order valence-electron chi connectivity index (χ1n) is 25.4. The van der Waals surface area contributed by atoms with Crippen molar-refractivity contribution in [1.82, 2.24) is 0 Å². The van der Waals surface area contributed by atoms with Crippen LogP contribution < -0.4 is 0 Å². The Labute approximate surface area is 393 Å². The molecule has 0 amide bonds. The van der Waals surface area contributed by atoms with Gasteiger partial charge in [0.25, 0.3) is 0 Å². The molecule has 0 aliphatic rings. The number of unbranched alkanes of at least 4 members (excludes halogenated alkanes) is 9. The van der Waals surface area contributed by atoms with Crippen molar-refractivity contribution in [2.75, 3.05) is 19.8 Å². The molecule has 0 saturated carbocycles. The number of hydrogen-bond donors (Lipinski definition) is 0. The Morgan fingerprint density at radius 3 is 1.08 bits per heavy atom. The maximum Gasteiger partial charge on any atom is 0.306 e. The molecule has 5 heteroatoms. The van der Waals surface area contributed by atoms with Gasteiger partial charge in [0, 0.05) is 19.4 Å². The molecule has 1 atom stereocenters. The van der Waals surface area contributed by atoms with E-state index in [0.717, 1.165) is 148 Å². The Morgan fingerprint density at radius 2 is 0.656 bits per heavy atom. The zero-order chi connectivity index (χ0) is 46.3. The van der Waals surface area contributed by atoms with Gasteiger partial charge in [-0.1, -0.05) is 186 Å². The summed E-state index contributed by atoms with van der Waals surface area (Å²) in [4.78, 5) is 25.4. The minimum Gasteiger partial charge on any atom is -0.462 e. The van der Waals surface area contributed by atoms with Crippen molar-refractivity contribution >= 4 is 11.9 Å². The molecule has 0 heterocycles. The molecule has 0 aromatic carbocycles. The molecule has 64 heavy (non-hydrogen) atoms. The quantitative estimate of drug-likeness (QED) is 0.0347. The summed E-state index contributed by atoms with van der Waals surface area (Å²) in [5.74, 6) is -0.503. The van der Waals surface area contributed by atoms with Crippen LogP contribution in [0.3, 0.4) is 0 Å². The molecule has 358 valence electrons. The summed E-state index contributed by atoms with van der Waals surface area (Å²) >= 11 is 0. The highest BCUT2D eigenvalue weighted by Crippen LogP contribution is 2.11. The van der Waals surface area contributed by atoms with Gasteiger partial charge in [-0.3, -0.25) is 9.59 Å². The highest BCUT2D eigenvalue weighted by Gasteiger charge is 2.17. The van der Waals surface area contributed by atoms with Gasteiger partial charge >= 0.3 is 11.9 Å². The van der Waals surface area contributed by atoms with Gasteiger partial charge in [-0.25, -0.2) is 0 Å². The maximum absolute atomic E-state index is 12.8. The number of carbonyl (C=O) groups excluding carboxylic acids is 2. The van der Waals surface area contributed by atoms with Crippen LogP contribution in [0.15, 0.2) is 146 Å². The Kier molecular flexibility index (Phi) is 49.6. The van der Waals surface area contributed by atoms with E-state index >= 15 is 0 Å². The van der Waals surface area contributed by atoms with Crippen LogP contribution in [0.25, 0.3) is 0 Å². The molecule has 0 spiro atoms. The zero-order valence-electron chi connectivity index (χ0n) is 41.0. The molecular formula is C59H92O5. The van der Waals surface area contributed by atoms with E-state index in [0.29, 0.717) is 19.4 Å². The minimum atomic E-state index is -0.596. The maximum atomic E-state index is 12.8. The third kappa shape index (κ3) is 50.4. The lowest BCUT2D eigenvalue weighted by molar-refractivity contribution is -0.163. The zero-order valence-corrected chi connectivity index (χ0v) is 41.0. The Bertz CT molecular complexity index is 1410. The Balaban J connectivity index is 4.49. The van der Waals surface area contributed by atoms with Crippen molar-refractivity contribution in [3.05, 3.63) is 146 Å². The lowest BCUT2D eigenvalue weighted by atomic mass is 10.1. The molecule has 0 rings (SSSR count). The highest BCUT2D eigenvalue weighted by molar-refractivity contribution is 5.70. The largest absolute Gasteiger partial charge is 0.462 e. The summed E-state index contributed by atoms with van der Waals surface area (Å²) < 4.78 is 17.3. The summed E-state index contributed by atoms with van der Waals surface area (Å²) in [5.41, 5.74) is 0. The average molecular weight is 881 g/mol. The first-order chi connectivity index (χ1) is 31.6. The molecule has 0 N–H and O–H groups in total. The van der Waals surface area contributed by atoms with E-state index in [1.807, 2.05) is 0 Å². The topological polar surface area (TPSA) is 61.8 Å². The fourth-order valence-electron chi connectivity index (χ4n) is 6.19. The van der Waals surface area contributed by atoms with E-state index in [4.69, 9.17) is 14.2 Å². The van der Waals surface area contributed by atoms with Crippen LogP contribution in [0.1, 0.15) is 188 Å². The predicted molar refractivity (Wildman–Crippen MR) is 278 cm³/mol. The first kappa shape index (κ1) is 59.8. The van der Waals surface area contributed by atoms with Crippen molar-refractivity contribution in [2.45, 2.75) is 194 Å². The van der Waals surface area contributed by atoms with Crippen LogP contribution in [0.5, 0.6) is 0 Å². The molecule has 0 fully saturated rings. The summed E-state index contributed by atoms with van der Waals surface area (Å²) in [5, 5.41) is 0. The normalized spacial score (nSPS) is 13.5. The van der Waals surface area contributed by atoms with Crippen molar-refractivity contribution in [2.24, 2.45) is 0 Å². The van der Waals surface area contributed by atoms with Crippen molar-refractivity contribution in [1.29, 1.82) is 0 Å². The second kappa shape index (κ2) is 53.1. The smallest absolute Gasteiger partial charge is 0.306 e. The summed E-state index contributed by atoms with van der Waals surface area (Å²) in [6, 6.07) is 0. The summed E-state index contributed by atoms with van der Waals surface area (Å²) in [6.45, 7) is 7.29. The molecule has 0 aromatic rings. The van der Waals surface area contributed by atoms with Gasteiger partial charge in [0.05, 0.1) is 6.61 Å². The molecule has 0 bridgehead atoms. The van der Waals surface area contributed by atoms with Gasteiger partial charge in [-0.05, 0) is 135 Å². The molecule has 0 aromatic heterocycles. The molecule has 5 nitrogen and oxygen atoms in total. The van der Waals surface area contributed by atoms with E-state index in [2.05, 4.69) is 167 Å².